The van der Waals surface area contributed by atoms with Crippen molar-refractivity contribution in [3.05, 3.63) is 0 Å². The van der Waals surface area contributed by atoms with Crippen LogP contribution in [-0.4, -0.2) is 0 Å². The van der Waals surface area contributed by atoms with Crippen LogP contribution in [0.1, 0.15) is 91.9 Å². The molecule has 0 bridgehead atoms. The highest BCUT2D eigenvalue weighted by Crippen LogP contribution is 2.34. The molecule has 2 aliphatic carbocycles. The molecule has 0 heteroatoms. The molecule has 0 N–H and O–H groups in total. The lowest BCUT2D eigenvalue weighted by Gasteiger charge is -2.28. The van der Waals surface area contributed by atoms with Crippen LogP contribution in [0.4, 0.5) is 0 Å². The average molecular weight is 212 g/mol. The molecule has 15 heavy (non-hydrogen) atoms. The first-order chi connectivity index (χ1) is 7.21. The average Bonchev–Trinajstić information content (AvgIpc) is 2.78. The van der Waals surface area contributed by atoms with Crippen LogP contribution in [0.25, 0.3) is 0 Å². The molecule has 92 valence electrons. The van der Waals surface area contributed by atoms with Gasteiger partial charge in [0.05, 0.1) is 0 Å². The molecular formula is C15H32. The van der Waals surface area contributed by atoms with Crippen LogP contribution in [0, 0.1) is 5.41 Å². The Morgan fingerprint density at radius 3 is 1.00 bits per heavy atom. The van der Waals surface area contributed by atoms with Crippen molar-refractivity contribution in [3.8, 4) is 0 Å². The maximum Gasteiger partial charge on any atom is -0.0354 e. The molecule has 2 rings (SSSR count). The molecule has 0 saturated heterocycles. The summed E-state index contributed by atoms with van der Waals surface area (Å²) >= 11 is 0. The first kappa shape index (κ1) is 15.0. The van der Waals surface area contributed by atoms with E-state index in [1.54, 1.807) is 0 Å². The highest BCUT2D eigenvalue weighted by atomic mass is 14.3. The largest absolute Gasteiger partial charge is 0.0683 e. The molecular weight excluding hydrogens is 180 g/mol. The fraction of sp³-hybridized carbons (Fsp3) is 1.00. The molecule has 0 spiro atoms. The predicted molar refractivity (Wildman–Crippen MR) is 71.3 cm³/mol. The molecule has 0 aromatic rings. The zero-order chi connectivity index (χ0) is 11.6. The van der Waals surface area contributed by atoms with Crippen LogP contribution in [-0.2, 0) is 0 Å². The SMILES string of the molecule is C1CCCC1.CC.CC1(C)CCCCC1. The Morgan fingerprint density at radius 2 is 0.800 bits per heavy atom. The second-order valence-electron chi connectivity index (χ2n) is 5.49. The van der Waals surface area contributed by atoms with E-state index in [2.05, 4.69) is 13.8 Å². The maximum absolute atomic E-state index is 2.38. The maximum atomic E-state index is 2.38. The first-order valence-corrected chi connectivity index (χ1v) is 7.21. The van der Waals surface area contributed by atoms with E-state index in [0.717, 1.165) is 0 Å². The van der Waals surface area contributed by atoms with Gasteiger partial charge in [-0.1, -0.05) is 79.1 Å². The van der Waals surface area contributed by atoms with Gasteiger partial charge in [0.15, 0.2) is 0 Å². The fourth-order valence-corrected chi connectivity index (χ4v) is 2.39. The molecule has 0 amide bonds. The third-order valence-electron chi connectivity index (χ3n) is 3.46. The van der Waals surface area contributed by atoms with Crippen molar-refractivity contribution in [2.75, 3.05) is 0 Å². The monoisotopic (exact) mass is 212 g/mol. The van der Waals surface area contributed by atoms with Crippen molar-refractivity contribution in [2.24, 2.45) is 5.41 Å². The van der Waals surface area contributed by atoms with Gasteiger partial charge in [-0.3, -0.25) is 0 Å². The minimum absolute atomic E-state index is 0.679. The zero-order valence-corrected chi connectivity index (χ0v) is 11.6. The van der Waals surface area contributed by atoms with E-state index in [9.17, 15) is 0 Å². The smallest absolute Gasteiger partial charge is 0.0354 e. The third kappa shape index (κ3) is 8.96. The molecule has 0 unspecified atom stereocenters. The van der Waals surface area contributed by atoms with Gasteiger partial charge in [-0.15, -0.1) is 0 Å². The van der Waals surface area contributed by atoms with Gasteiger partial charge in [0.25, 0.3) is 0 Å². The van der Waals surface area contributed by atoms with Gasteiger partial charge in [0, 0.05) is 0 Å². The summed E-state index contributed by atoms with van der Waals surface area (Å²) in [5.74, 6) is 0. The van der Waals surface area contributed by atoms with Gasteiger partial charge in [0.2, 0.25) is 0 Å². The molecule has 0 aromatic heterocycles. The lowest BCUT2D eigenvalue weighted by atomic mass is 9.78. The lowest BCUT2D eigenvalue weighted by molar-refractivity contribution is 0.244. The molecule has 0 atom stereocenters. The highest BCUT2D eigenvalue weighted by molar-refractivity contribution is 4.72. The number of rotatable bonds is 0. The summed E-state index contributed by atoms with van der Waals surface area (Å²) in [5, 5.41) is 0. The first-order valence-electron chi connectivity index (χ1n) is 7.21. The second-order valence-corrected chi connectivity index (χ2v) is 5.49. The Labute approximate surface area is 97.8 Å². The van der Waals surface area contributed by atoms with Gasteiger partial charge < -0.3 is 0 Å². The van der Waals surface area contributed by atoms with Crippen molar-refractivity contribution in [1.82, 2.24) is 0 Å². The summed E-state index contributed by atoms with van der Waals surface area (Å²) in [5.41, 5.74) is 0.679. The fourth-order valence-electron chi connectivity index (χ4n) is 2.39. The summed E-state index contributed by atoms with van der Waals surface area (Å²) in [6.07, 6.45) is 14.8. The Kier molecular flexibility index (Phi) is 9.24. The van der Waals surface area contributed by atoms with Crippen molar-refractivity contribution in [2.45, 2.75) is 91.9 Å². The van der Waals surface area contributed by atoms with E-state index in [1.165, 1.54) is 64.2 Å². The Morgan fingerprint density at radius 1 is 0.533 bits per heavy atom. The van der Waals surface area contributed by atoms with Crippen LogP contribution in [0.15, 0.2) is 0 Å². The zero-order valence-electron chi connectivity index (χ0n) is 11.6. The van der Waals surface area contributed by atoms with E-state index in [-0.39, 0.29) is 0 Å². The molecule has 0 radical (unpaired) electrons. The molecule has 2 aliphatic rings. The summed E-state index contributed by atoms with van der Waals surface area (Å²) in [6.45, 7) is 8.76. The van der Waals surface area contributed by atoms with Gasteiger partial charge in [-0.05, 0) is 18.3 Å². The standard InChI is InChI=1S/C8H16.C5H10.C2H6/c1-8(2)6-4-3-5-7-8;1-2-4-5-3-1;1-2/h3-7H2,1-2H3;1-5H2;1-2H3. The minimum atomic E-state index is 0.679. The van der Waals surface area contributed by atoms with E-state index >= 15 is 0 Å². The summed E-state index contributed by atoms with van der Waals surface area (Å²) in [7, 11) is 0. The van der Waals surface area contributed by atoms with E-state index < -0.39 is 0 Å². The van der Waals surface area contributed by atoms with Crippen LogP contribution in [0.2, 0.25) is 0 Å². The van der Waals surface area contributed by atoms with Crippen LogP contribution >= 0.6 is 0 Å². The van der Waals surface area contributed by atoms with Crippen molar-refractivity contribution in [3.63, 3.8) is 0 Å². The Bertz CT molecular complexity index is 104. The van der Waals surface area contributed by atoms with Crippen molar-refractivity contribution in [1.29, 1.82) is 0 Å². The van der Waals surface area contributed by atoms with Crippen LogP contribution in [0.3, 0.4) is 0 Å². The molecule has 2 saturated carbocycles. The summed E-state index contributed by atoms with van der Waals surface area (Å²) in [4.78, 5) is 0. The second kappa shape index (κ2) is 9.24. The normalized spacial score (nSPS) is 23.2. The quantitative estimate of drug-likeness (QED) is 0.465. The van der Waals surface area contributed by atoms with Gasteiger partial charge in [-0.25, -0.2) is 0 Å². The minimum Gasteiger partial charge on any atom is -0.0683 e. The molecule has 2 fully saturated rings. The van der Waals surface area contributed by atoms with Gasteiger partial charge >= 0.3 is 0 Å². The van der Waals surface area contributed by atoms with E-state index in [4.69, 9.17) is 0 Å². The third-order valence-corrected chi connectivity index (χ3v) is 3.46. The highest BCUT2D eigenvalue weighted by Gasteiger charge is 2.19. The van der Waals surface area contributed by atoms with Crippen LogP contribution < -0.4 is 0 Å². The van der Waals surface area contributed by atoms with Gasteiger partial charge in [-0.2, -0.15) is 0 Å². The molecule has 0 aromatic carbocycles. The predicted octanol–water partition coefficient (Wildman–Crippen LogP) is 5.95. The topological polar surface area (TPSA) is 0 Å². The van der Waals surface area contributed by atoms with E-state index in [1.807, 2.05) is 13.8 Å². The molecule has 0 heterocycles. The lowest BCUT2D eigenvalue weighted by Crippen LogP contribution is -2.14. The van der Waals surface area contributed by atoms with Crippen molar-refractivity contribution < 1.29 is 0 Å². The summed E-state index contributed by atoms with van der Waals surface area (Å²) in [6, 6.07) is 0. The molecule has 0 nitrogen and oxygen atoms in total. The number of hydrogen-bond acceptors (Lipinski definition) is 0. The van der Waals surface area contributed by atoms with E-state index in [0.29, 0.717) is 5.41 Å². The van der Waals surface area contributed by atoms with Gasteiger partial charge in [0.1, 0.15) is 0 Å². The number of hydrogen-bond donors (Lipinski definition) is 0. The summed E-state index contributed by atoms with van der Waals surface area (Å²) < 4.78 is 0. The van der Waals surface area contributed by atoms with Crippen molar-refractivity contribution >= 4 is 0 Å². The van der Waals surface area contributed by atoms with Crippen LogP contribution in [0.5, 0.6) is 0 Å². The Balaban J connectivity index is 0.000000241. The molecule has 0 aliphatic heterocycles. The Hall–Kier alpha value is 0.